The lowest BCUT2D eigenvalue weighted by molar-refractivity contribution is 0.726. The standard InChI is InChI=1S/C20H18ClN5O/c1-25-19(27)11-18(17-8-9-22-13-23-17)24-20(25)26-10-4-5-14(12-26)15-6-2-3-7-16(15)21/h2-3,5-9,11,13H,4,10,12H2,1H3. The van der Waals surface area contributed by atoms with Gasteiger partial charge >= 0.3 is 0 Å². The van der Waals surface area contributed by atoms with Crippen LogP contribution in [0.15, 0.2) is 59.8 Å². The van der Waals surface area contributed by atoms with Gasteiger partial charge in [0.15, 0.2) is 0 Å². The van der Waals surface area contributed by atoms with Crippen molar-refractivity contribution < 1.29 is 0 Å². The quantitative estimate of drug-likeness (QED) is 0.699. The van der Waals surface area contributed by atoms with Crippen LogP contribution in [0.4, 0.5) is 5.95 Å². The van der Waals surface area contributed by atoms with Crippen LogP contribution in [-0.4, -0.2) is 32.6 Å². The number of halogens is 1. The molecule has 0 unspecified atom stereocenters. The predicted molar refractivity (Wildman–Crippen MR) is 107 cm³/mol. The van der Waals surface area contributed by atoms with Gasteiger partial charge in [0.25, 0.3) is 5.56 Å². The highest BCUT2D eigenvalue weighted by molar-refractivity contribution is 6.32. The molecule has 27 heavy (non-hydrogen) atoms. The zero-order valence-electron chi connectivity index (χ0n) is 14.8. The molecule has 0 atom stereocenters. The van der Waals surface area contributed by atoms with E-state index in [1.165, 1.54) is 12.4 Å². The molecule has 1 aliphatic heterocycles. The number of hydrogen-bond acceptors (Lipinski definition) is 5. The van der Waals surface area contributed by atoms with Crippen molar-refractivity contribution >= 4 is 23.1 Å². The Bertz CT molecular complexity index is 1060. The fourth-order valence-corrected chi connectivity index (χ4v) is 3.47. The summed E-state index contributed by atoms with van der Waals surface area (Å²) in [4.78, 5) is 27.5. The van der Waals surface area contributed by atoms with Crippen molar-refractivity contribution in [3.05, 3.63) is 75.9 Å². The van der Waals surface area contributed by atoms with Gasteiger partial charge in [-0.15, -0.1) is 0 Å². The third kappa shape index (κ3) is 3.48. The second-order valence-corrected chi connectivity index (χ2v) is 6.76. The molecule has 0 amide bonds. The van der Waals surface area contributed by atoms with E-state index in [1.54, 1.807) is 23.9 Å². The Balaban J connectivity index is 1.72. The Hall–Kier alpha value is -2.99. The molecule has 3 aromatic rings. The van der Waals surface area contributed by atoms with E-state index < -0.39 is 0 Å². The average Bonchev–Trinajstić information content (AvgIpc) is 2.71. The van der Waals surface area contributed by atoms with Gasteiger partial charge in [-0.25, -0.2) is 15.0 Å². The molecule has 0 radical (unpaired) electrons. The molecule has 6 nitrogen and oxygen atoms in total. The van der Waals surface area contributed by atoms with Gasteiger partial charge in [0.1, 0.15) is 6.33 Å². The fraction of sp³-hybridized carbons (Fsp3) is 0.200. The summed E-state index contributed by atoms with van der Waals surface area (Å²) in [5, 5.41) is 0.724. The molecule has 0 fully saturated rings. The zero-order valence-corrected chi connectivity index (χ0v) is 15.6. The van der Waals surface area contributed by atoms with Gasteiger partial charge in [-0.3, -0.25) is 9.36 Å². The van der Waals surface area contributed by atoms with Gasteiger partial charge in [-0.2, -0.15) is 0 Å². The maximum atomic E-state index is 12.5. The van der Waals surface area contributed by atoms with E-state index in [4.69, 9.17) is 16.6 Å². The monoisotopic (exact) mass is 379 g/mol. The normalized spacial score (nSPS) is 14.1. The molecule has 1 aromatic carbocycles. The summed E-state index contributed by atoms with van der Waals surface area (Å²) in [6, 6.07) is 11.0. The maximum Gasteiger partial charge on any atom is 0.255 e. The minimum atomic E-state index is -0.123. The highest BCUT2D eigenvalue weighted by atomic mass is 35.5. The van der Waals surface area contributed by atoms with Crippen LogP contribution in [0.1, 0.15) is 12.0 Å². The van der Waals surface area contributed by atoms with Gasteiger partial charge in [-0.05, 0) is 29.7 Å². The minimum absolute atomic E-state index is 0.123. The first kappa shape index (κ1) is 17.4. The lowest BCUT2D eigenvalue weighted by atomic mass is 10.0. The highest BCUT2D eigenvalue weighted by Gasteiger charge is 2.20. The lowest BCUT2D eigenvalue weighted by Gasteiger charge is -2.30. The molecule has 1 aliphatic rings. The minimum Gasteiger partial charge on any atom is -0.338 e. The molecule has 136 valence electrons. The van der Waals surface area contributed by atoms with E-state index in [-0.39, 0.29) is 5.56 Å². The first-order valence-electron chi connectivity index (χ1n) is 8.67. The van der Waals surface area contributed by atoms with Gasteiger partial charge in [-0.1, -0.05) is 35.9 Å². The molecule has 0 bridgehead atoms. The van der Waals surface area contributed by atoms with Crippen LogP contribution < -0.4 is 10.5 Å². The van der Waals surface area contributed by atoms with E-state index in [0.29, 0.717) is 23.9 Å². The smallest absolute Gasteiger partial charge is 0.255 e. The first-order valence-corrected chi connectivity index (χ1v) is 9.04. The largest absolute Gasteiger partial charge is 0.338 e. The molecular weight excluding hydrogens is 362 g/mol. The van der Waals surface area contributed by atoms with E-state index in [0.717, 1.165) is 29.1 Å². The molecule has 0 saturated carbocycles. The molecule has 7 heteroatoms. The number of aromatic nitrogens is 4. The summed E-state index contributed by atoms with van der Waals surface area (Å²) in [5.74, 6) is 0.619. The van der Waals surface area contributed by atoms with Crippen LogP contribution >= 0.6 is 11.6 Å². The Morgan fingerprint density at radius 3 is 2.78 bits per heavy atom. The SMILES string of the molecule is Cn1c(N2CCC=C(c3ccccc3Cl)C2)nc(-c2ccncn2)cc1=O. The van der Waals surface area contributed by atoms with Crippen molar-refractivity contribution in [2.24, 2.45) is 7.05 Å². The lowest BCUT2D eigenvalue weighted by Crippen LogP contribution is -2.35. The van der Waals surface area contributed by atoms with Crippen LogP contribution in [0.3, 0.4) is 0 Å². The van der Waals surface area contributed by atoms with Gasteiger partial charge in [0, 0.05) is 37.4 Å². The van der Waals surface area contributed by atoms with E-state index in [9.17, 15) is 4.79 Å². The molecule has 3 heterocycles. The molecule has 0 spiro atoms. The average molecular weight is 380 g/mol. The molecule has 2 aromatic heterocycles. The summed E-state index contributed by atoms with van der Waals surface area (Å²) in [6.45, 7) is 1.42. The Labute approximate surface area is 161 Å². The second kappa shape index (κ2) is 7.32. The predicted octanol–water partition coefficient (Wildman–Crippen LogP) is 3.18. The van der Waals surface area contributed by atoms with Crippen molar-refractivity contribution in [1.82, 2.24) is 19.5 Å². The zero-order chi connectivity index (χ0) is 18.8. The third-order valence-electron chi connectivity index (χ3n) is 4.61. The maximum absolute atomic E-state index is 12.5. The molecular formula is C20H18ClN5O. The number of benzene rings is 1. The molecule has 0 saturated heterocycles. The van der Waals surface area contributed by atoms with Crippen LogP contribution in [0.2, 0.25) is 5.02 Å². The number of rotatable bonds is 3. The summed E-state index contributed by atoms with van der Waals surface area (Å²) in [7, 11) is 1.74. The third-order valence-corrected chi connectivity index (χ3v) is 4.94. The highest BCUT2D eigenvalue weighted by Crippen LogP contribution is 2.29. The molecule has 0 N–H and O–H groups in total. The van der Waals surface area contributed by atoms with Crippen molar-refractivity contribution in [2.75, 3.05) is 18.0 Å². The van der Waals surface area contributed by atoms with Gasteiger partial charge < -0.3 is 4.90 Å². The van der Waals surface area contributed by atoms with Crippen LogP contribution in [-0.2, 0) is 7.05 Å². The molecule has 0 aliphatic carbocycles. The number of hydrogen-bond donors (Lipinski definition) is 0. The number of anilines is 1. The summed E-state index contributed by atoms with van der Waals surface area (Å²) < 4.78 is 1.57. The van der Waals surface area contributed by atoms with Crippen LogP contribution in [0.5, 0.6) is 0 Å². The van der Waals surface area contributed by atoms with E-state index in [1.807, 2.05) is 24.3 Å². The second-order valence-electron chi connectivity index (χ2n) is 6.35. The van der Waals surface area contributed by atoms with Crippen molar-refractivity contribution in [2.45, 2.75) is 6.42 Å². The van der Waals surface area contributed by atoms with Crippen molar-refractivity contribution in [1.29, 1.82) is 0 Å². The Morgan fingerprint density at radius 1 is 1.15 bits per heavy atom. The van der Waals surface area contributed by atoms with E-state index >= 15 is 0 Å². The fourth-order valence-electron chi connectivity index (χ4n) is 3.21. The molecule has 4 rings (SSSR count). The van der Waals surface area contributed by atoms with Gasteiger partial charge in [0.2, 0.25) is 5.95 Å². The first-order chi connectivity index (χ1) is 13.1. The number of nitrogens with zero attached hydrogens (tertiary/aromatic N) is 5. The Kier molecular flexibility index (Phi) is 4.73. The van der Waals surface area contributed by atoms with Crippen LogP contribution in [0, 0.1) is 0 Å². The topological polar surface area (TPSA) is 63.9 Å². The van der Waals surface area contributed by atoms with Gasteiger partial charge in [0.05, 0.1) is 11.4 Å². The van der Waals surface area contributed by atoms with Crippen LogP contribution in [0.25, 0.3) is 17.0 Å². The summed E-state index contributed by atoms with van der Waals surface area (Å²) in [6.07, 6.45) is 6.14. The van der Waals surface area contributed by atoms with Crippen molar-refractivity contribution in [3.63, 3.8) is 0 Å². The summed E-state index contributed by atoms with van der Waals surface area (Å²) in [5.41, 5.74) is 3.20. The van der Waals surface area contributed by atoms with E-state index in [2.05, 4.69) is 20.9 Å². The summed E-state index contributed by atoms with van der Waals surface area (Å²) >= 11 is 6.37. The Morgan fingerprint density at radius 2 is 2.00 bits per heavy atom. The van der Waals surface area contributed by atoms with Crippen molar-refractivity contribution in [3.8, 4) is 11.4 Å².